The number of anilines is 2. The minimum atomic E-state index is 0.254. The SMILES string of the molecule is Cc1c(N)cnc(NC(C)C2CCCO2)c1Br. The van der Waals surface area contributed by atoms with E-state index >= 15 is 0 Å². The van der Waals surface area contributed by atoms with Crippen LogP contribution < -0.4 is 11.1 Å². The molecule has 2 heterocycles. The zero-order valence-electron chi connectivity index (χ0n) is 10.2. The first kappa shape index (κ1) is 12.6. The molecule has 5 heteroatoms. The standard InChI is InChI=1S/C12H18BrN3O/c1-7-9(14)6-15-12(11(7)13)16-8(2)10-4-3-5-17-10/h6,8,10H,3-5,14H2,1-2H3,(H,15,16). The maximum atomic E-state index is 5.80. The van der Waals surface area contributed by atoms with Gasteiger partial charge in [0.05, 0.1) is 28.5 Å². The highest BCUT2D eigenvalue weighted by Gasteiger charge is 2.23. The number of nitrogens with two attached hydrogens (primary N) is 1. The molecule has 0 aromatic carbocycles. The quantitative estimate of drug-likeness (QED) is 0.901. The second kappa shape index (κ2) is 5.23. The second-order valence-corrected chi connectivity index (χ2v) is 5.28. The van der Waals surface area contributed by atoms with Crippen LogP contribution in [0.5, 0.6) is 0 Å². The summed E-state index contributed by atoms with van der Waals surface area (Å²) in [5.41, 5.74) is 7.51. The summed E-state index contributed by atoms with van der Waals surface area (Å²) in [5.74, 6) is 0.833. The topological polar surface area (TPSA) is 60.2 Å². The number of rotatable bonds is 3. The average Bonchev–Trinajstić information content (AvgIpc) is 2.83. The second-order valence-electron chi connectivity index (χ2n) is 4.49. The summed E-state index contributed by atoms with van der Waals surface area (Å²) in [4.78, 5) is 4.31. The van der Waals surface area contributed by atoms with Crippen molar-refractivity contribution in [3.05, 3.63) is 16.2 Å². The van der Waals surface area contributed by atoms with Gasteiger partial charge in [0.25, 0.3) is 0 Å². The predicted molar refractivity (Wildman–Crippen MR) is 73.1 cm³/mol. The highest BCUT2D eigenvalue weighted by Crippen LogP contribution is 2.29. The van der Waals surface area contributed by atoms with Crippen molar-refractivity contribution in [3.63, 3.8) is 0 Å². The lowest BCUT2D eigenvalue weighted by atomic mass is 10.1. The Balaban J connectivity index is 2.10. The molecule has 0 spiro atoms. The summed E-state index contributed by atoms with van der Waals surface area (Å²) in [7, 11) is 0. The van der Waals surface area contributed by atoms with Gasteiger partial charge in [-0.25, -0.2) is 4.98 Å². The van der Waals surface area contributed by atoms with Gasteiger partial charge in [-0.3, -0.25) is 0 Å². The lowest BCUT2D eigenvalue weighted by Gasteiger charge is -2.21. The molecule has 0 aliphatic carbocycles. The van der Waals surface area contributed by atoms with E-state index in [4.69, 9.17) is 10.5 Å². The Morgan fingerprint density at radius 1 is 1.65 bits per heavy atom. The molecule has 1 fully saturated rings. The summed E-state index contributed by atoms with van der Waals surface area (Å²) in [6.07, 6.45) is 4.22. The van der Waals surface area contributed by atoms with Crippen molar-refractivity contribution in [1.29, 1.82) is 0 Å². The molecular formula is C12H18BrN3O. The van der Waals surface area contributed by atoms with Crippen LogP contribution in [-0.2, 0) is 4.74 Å². The van der Waals surface area contributed by atoms with Gasteiger partial charge < -0.3 is 15.8 Å². The summed E-state index contributed by atoms with van der Waals surface area (Å²) >= 11 is 3.52. The van der Waals surface area contributed by atoms with Gasteiger partial charge in [0.2, 0.25) is 0 Å². The van der Waals surface area contributed by atoms with E-state index < -0.39 is 0 Å². The molecule has 0 radical (unpaired) electrons. The minimum absolute atomic E-state index is 0.254. The Morgan fingerprint density at radius 3 is 3.06 bits per heavy atom. The Bertz CT molecular complexity index is 405. The molecule has 1 aromatic rings. The highest BCUT2D eigenvalue weighted by atomic mass is 79.9. The number of hydrogen-bond acceptors (Lipinski definition) is 4. The molecule has 1 aliphatic heterocycles. The number of pyridine rings is 1. The van der Waals surface area contributed by atoms with Crippen LogP contribution in [-0.4, -0.2) is 23.7 Å². The number of hydrogen-bond donors (Lipinski definition) is 2. The Labute approximate surface area is 110 Å². The third kappa shape index (κ3) is 2.72. The fraction of sp³-hybridized carbons (Fsp3) is 0.583. The Hall–Kier alpha value is -0.810. The van der Waals surface area contributed by atoms with Crippen LogP contribution in [0.4, 0.5) is 11.5 Å². The third-order valence-electron chi connectivity index (χ3n) is 3.19. The first-order valence-electron chi connectivity index (χ1n) is 5.88. The van der Waals surface area contributed by atoms with E-state index in [1.54, 1.807) is 6.20 Å². The van der Waals surface area contributed by atoms with Crippen LogP contribution >= 0.6 is 15.9 Å². The molecule has 2 unspecified atom stereocenters. The molecule has 0 saturated carbocycles. The molecule has 1 saturated heterocycles. The van der Waals surface area contributed by atoms with Crippen molar-refractivity contribution in [2.45, 2.75) is 38.8 Å². The number of nitrogens with zero attached hydrogens (tertiary/aromatic N) is 1. The van der Waals surface area contributed by atoms with Gasteiger partial charge in [-0.2, -0.15) is 0 Å². The molecule has 0 bridgehead atoms. The van der Waals surface area contributed by atoms with Crippen molar-refractivity contribution in [2.24, 2.45) is 0 Å². The molecule has 2 rings (SSSR count). The van der Waals surface area contributed by atoms with Crippen LogP contribution in [0.3, 0.4) is 0 Å². The lowest BCUT2D eigenvalue weighted by molar-refractivity contribution is 0.0995. The van der Waals surface area contributed by atoms with E-state index in [1.165, 1.54) is 0 Å². The summed E-state index contributed by atoms with van der Waals surface area (Å²) in [5, 5.41) is 3.38. The first-order valence-corrected chi connectivity index (χ1v) is 6.67. The smallest absolute Gasteiger partial charge is 0.141 e. The van der Waals surface area contributed by atoms with Gasteiger partial charge in [-0.15, -0.1) is 0 Å². The Kier molecular flexibility index (Phi) is 3.89. The molecule has 3 N–H and O–H groups in total. The summed E-state index contributed by atoms with van der Waals surface area (Å²) in [6.45, 7) is 4.96. The number of nitrogens with one attached hydrogen (secondary N) is 1. The van der Waals surface area contributed by atoms with E-state index in [2.05, 4.69) is 33.2 Å². The number of aromatic nitrogens is 1. The summed E-state index contributed by atoms with van der Waals surface area (Å²) in [6, 6.07) is 0.254. The maximum Gasteiger partial charge on any atom is 0.141 e. The van der Waals surface area contributed by atoms with Crippen LogP contribution in [0, 0.1) is 6.92 Å². The van der Waals surface area contributed by atoms with Gasteiger partial charge in [0, 0.05) is 6.61 Å². The highest BCUT2D eigenvalue weighted by molar-refractivity contribution is 9.10. The van der Waals surface area contributed by atoms with Gasteiger partial charge in [0.15, 0.2) is 0 Å². The summed E-state index contributed by atoms with van der Waals surface area (Å²) < 4.78 is 6.58. The van der Waals surface area contributed by atoms with Gasteiger partial charge >= 0.3 is 0 Å². The fourth-order valence-corrected chi connectivity index (χ4v) is 2.44. The molecule has 17 heavy (non-hydrogen) atoms. The number of halogens is 1. The third-order valence-corrected chi connectivity index (χ3v) is 4.16. The molecule has 4 nitrogen and oxygen atoms in total. The maximum absolute atomic E-state index is 5.80. The Morgan fingerprint density at radius 2 is 2.41 bits per heavy atom. The molecule has 1 aliphatic rings. The van der Waals surface area contributed by atoms with E-state index in [1.807, 2.05) is 6.92 Å². The van der Waals surface area contributed by atoms with Crippen molar-refractivity contribution >= 4 is 27.4 Å². The van der Waals surface area contributed by atoms with Crippen molar-refractivity contribution in [1.82, 2.24) is 4.98 Å². The monoisotopic (exact) mass is 299 g/mol. The van der Waals surface area contributed by atoms with Crippen molar-refractivity contribution in [3.8, 4) is 0 Å². The molecule has 1 aromatic heterocycles. The van der Waals surface area contributed by atoms with Crippen LogP contribution in [0.2, 0.25) is 0 Å². The molecular weight excluding hydrogens is 282 g/mol. The molecule has 94 valence electrons. The van der Waals surface area contributed by atoms with E-state index in [0.29, 0.717) is 5.69 Å². The van der Waals surface area contributed by atoms with Crippen LogP contribution in [0.1, 0.15) is 25.3 Å². The van der Waals surface area contributed by atoms with Gasteiger partial charge in [-0.1, -0.05) is 0 Å². The van der Waals surface area contributed by atoms with Gasteiger partial charge in [0.1, 0.15) is 5.82 Å². The first-order chi connectivity index (χ1) is 8.09. The largest absolute Gasteiger partial charge is 0.397 e. The number of nitrogen functional groups attached to an aromatic ring is 1. The van der Waals surface area contributed by atoms with E-state index in [-0.39, 0.29) is 12.1 Å². The zero-order chi connectivity index (χ0) is 12.4. The normalized spacial score (nSPS) is 21.5. The van der Waals surface area contributed by atoms with E-state index in [0.717, 1.165) is 35.3 Å². The zero-order valence-corrected chi connectivity index (χ0v) is 11.8. The molecule has 0 amide bonds. The van der Waals surface area contributed by atoms with Crippen LogP contribution in [0.25, 0.3) is 0 Å². The lowest BCUT2D eigenvalue weighted by Crippen LogP contribution is -2.30. The van der Waals surface area contributed by atoms with E-state index in [9.17, 15) is 0 Å². The van der Waals surface area contributed by atoms with Crippen molar-refractivity contribution in [2.75, 3.05) is 17.7 Å². The van der Waals surface area contributed by atoms with Crippen LogP contribution in [0.15, 0.2) is 10.7 Å². The molecule has 2 atom stereocenters. The minimum Gasteiger partial charge on any atom is -0.397 e. The number of ether oxygens (including phenoxy) is 1. The predicted octanol–water partition coefficient (Wildman–Crippen LogP) is 2.71. The fourth-order valence-electron chi connectivity index (χ4n) is 2.00. The van der Waals surface area contributed by atoms with Crippen molar-refractivity contribution < 1.29 is 4.74 Å². The average molecular weight is 300 g/mol. The van der Waals surface area contributed by atoms with Gasteiger partial charge in [-0.05, 0) is 48.2 Å².